The van der Waals surface area contributed by atoms with Crippen LogP contribution in [0.25, 0.3) is 11.0 Å². The van der Waals surface area contributed by atoms with Crippen molar-refractivity contribution < 1.29 is 0 Å². The average Bonchev–Trinajstić information content (AvgIpc) is 2.96. The number of halogens is 2. The minimum absolute atomic E-state index is 0.585. The van der Waals surface area contributed by atoms with Gasteiger partial charge in [-0.25, -0.2) is 9.97 Å². The fraction of sp³-hybridized carbons (Fsp3) is 0.286. The monoisotopic (exact) mass is 417 g/mol. The molecule has 3 nitrogen and oxygen atoms in total. The molecule has 0 spiro atoms. The molecule has 0 radical (unpaired) electrons. The molecule has 6 heteroatoms. The Morgan fingerprint density at radius 3 is 2.95 bits per heavy atom. The van der Waals surface area contributed by atoms with Crippen LogP contribution in [-0.4, -0.2) is 20.4 Å². The molecular weight excluding hydrogens is 405 g/mol. The molecule has 0 aliphatic heterocycles. The molecule has 3 aromatic rings. The summed E-state index contributed by atoms with van der Waals surface area (Å²) >= 11 is 9.92. The molecule has 0 aliphatic carbocycles. The van der Waals surface area contributed by atoms with Crippen LogP contribution in [0.4, 0.5) is 0 Å². The van der Waals surface area contributed by atoms with E-state index in [1.807, 2.05) is 5.51 Å². The van der Waals surface area contributed by atoms with E-state index in [9.17, 15) is 0 Å². The molecule has 3 rings (SSSR count). The third kappa shape index (κ3) is 2.71. The SMILES string of the molecule is Cc1ncsc1Cn1c(CCCl)nc2cc(I)ccc21. The van der Waals surface area contributed by atoms with E-state index in [0.29, 0.717) is 5.88 Å². The number of fused-ring (bicyclic) bond motifs is 1. The molecule has 0 bridgehead atoms. The van der Waals surface area contributed by atoms with Gasteiger partial charge in [0.2, 0.25) is 0 Å². The highest BCUT2D eigenvalue weighted by atomic mass is 127. The molecule has 104 valence electrons. The summed E-state index contributed by atoms with van der Waals surface area (Å²) in [6, 6.07) is 6.37. The first-order valence-corrected chi connectivity index (χ1v) is 8.78. The Balaban J connectivity index is 2.11. The van der Waals surface area contributed by atoms with E-state index in [4.69, 9.17) is 16.6 Å². The number of thiazole rings is 1. The van der Waals surface area contributed by atoms with Crippen LogP contribution in [0.5, 0.6) is 0 Å². The number of hydrogen-bond donors (Lipinski definition) is 0. The number of aromatic nitrogens is 3. The van der Waals surface area contributed by atoms with Crippen molar-refractivity contribution in [2.75, 3.05) is 5.88 Å². The topological polar surface area (TPSA) is 30.7 Å². The molecule has 0 N–H and O–H groups in total. The van der Waals surface area contributed by atoms with Crippen molar-refractivity contribution in [2.24, 2.45) is 0 Å². The third-order valence-electron chi connectivity index (χ3n) is 3.25. The second-order valence-electron chi connectivity index (χ2n) is 4.55. The molecule has 0 aliphatic rings. The predicted octanol–water partition coefficient (Wildman–Crippen LogP) is 4.24. The second-order valence-corrected chi connectivity index (χ2v) is 7.11. The van der Waals surface area contributed by atoms with Gasteiger partial charge in [0.15, 0.2) is 0 Å². The van der Waals surface area contributed by atoms with Crippen molar-refractivity contribution in [1.82, 2.24) is 14.5 Å². The molecule has 1 aromatic carbocycles. The minimum atomic E-state index is 0.585. The van der Waals surface area contributed by atoms with Crippen molar-refractivity contribution in [3.05, 3.63) is 43.7 Å². The van der Waals surface area contributed by atoms with Gasteiger partial charge in [-0.3, -0.25) is 0 Å². The van der Waals surface area contributed by atoms with Gasteiger partial charge in [0.1, 0.15) is 5.82 Å². The zero-order chi connectivity index (χ0) is 14.1. The maximum absolute atomic E-state index is 5.92. The van der Waals surface area contributed by atoms with Crippen LogP contribution in [0.1, 0.15) is 16.4 Å². The van der Waals surface area contributed by atoms with E-state index >= 15 is 0 Å². The first-order chi connectivity index (χ1) is 9.69. The highest BCUT2D eigenvalue weighted by molar-refractivity contribution is 14.1. The van der Waals surface area contributed by atoms with E-state index in [2.05, 4.69) is 57.3 Å². The van der Waals surface area contributed by atoms with Gasteiger partial charge in [-0.1, -0.05) is 0 Å². The smallest absolute Gasteiger partial charge is 0.111 e. The lowest BCUT2D eigenvalue weighted by molar-refractivity contribution is 0.758. The zero-order valence-electron chi connectivity index (χ0n) is 10.9. The first kappa shape index (κ1) is 14.3. The van der Waals surface area contributed by atoms with Gasteiger partial charge in [0.25, 0.3) is 0 Å². The van der Waals surface area contributed by atoms with Crippen molar-refractivity contribution >= 4 is 56.6 Å². The molecule has 0 unspecified atom stereocenters. The number of alkyl halides is 1. The summed E-state index contributed by atoms with van der Waals surface area (Å²) in [5.74, 6) is 1.63. The van der Waals surface area contributed by atoms with Gasteiger partial charge in [-0.05, 0) is 47.7 Å². The van der Waals surface area contributed by atoms with E-state index in [0.717, 1.165) is 30.0 Å². The molecule has 0 fully saturated rings. The molecule has 0 saturated carbocycles. The number of aryl methyl sites for hydroxylation is 2. The van der Waals surface area contributed by atoms with Gasteiger partial charge in [0.05, 0.1) is 28.8 Å². The minimum Gasteiger partial charge on any atom is -0.323 e. The second kappa shape index (κ2) is 5.99. The normalized spacial score (nSPS) is 11.3. The number of imidazole rings is 1. The van der Waals surface area contributed by atoms with Crippen LogP contribution in [-0.2, 0) is 13.0 Å². The average molecular weight is 418 g/mol. The number of nitrogens with zero attached hydrogens (tertiary/aromatic N) is 3. The number of hydrogen-bond acceptors (Lipinski definition) is 3. The van der Waals surface area contributed by atoms with Crippen molar-refractivity contribution in [3.63, 3.8) is 0 Å². The fourth-order valence-electron chi connectivity index (χ4n) is 2.23. The van der Waals surface area contributed by atoms with Gasteiger partial charge in [-0.15, -0.1) is 22.9 Å². The van der Waals surface area contributed by atoms with E-state index < -0.39 is 0 Å². The summed E-state index contributed by atoms with van der Waals surface area (Å²) in [4.78, 5) is 10.3. The maximum atomic E-state index is 5.92. The Kier molecular flexibility index (Phi) is 4.28. The highest BCUT2D eigenvalue weighted by Crippen LogP contribution is 2.23. The van der Waals surface area contributed by atoms with Crippen molar-refractivity contribution in [2.45, 2.75) is 19.9 Å². The van der Waals surface area contributed by atoms with E-state index in [1.54, 1.807) is 11.3 Å². The highest BCUT2D eigenvalue weighted by Gasteiger charge is 2.13. The fourth-order valence-corrected chi connectivity index (χ4v) is 3.63. The lowest BCUT2D eigenvalue weighted by Crippen LogP contribution is -2.05. The molecule has 0 atom stereocenters. The summed E-state index contributed by atoms with van der Waals surface area (Å²) < 4.78 is 3.46. The van der Waals surface area contributed by atoms with E-state index in [-0.39, 0.29) is 0 Å². The Hall–Kier alpha value is -0.660. The van der Waals surface area contributed by atoms with Crippen LogP contribution in [0.3, 0.4) is 0 Å². The summed E-state index contributed by atoms with van der Waals surface area (Å²) in [5.41, 5.74) is 5.20. The summed E-state index contributed by atoms with van der Waals surface area (Å²) in [6.07, 6.45) is 0.782. The Bertz CT molecular complexity index is 750. The lowest BCUT2D eigenvalue weighted by Gasteiger charge is -2.07. The third-order valence-corrected chi connectivity index (χ3v) is 5.03. The van der Waals surface area contributed by atoms with Crippen LogP contribution < -0.4 is 0 Å². The molecule has 0 saturated heterocycles. The van der Waals surface area contributed by atoms with Crippen molar-refractivity contribution in [1.29, 1.82) is 0 Å². The Morgan fingerprint density at radius 2 is 2.25 bits per heavy atom. The zero-order valence-corrected chi connectivity index (χ0v) is 14.7. The summed E-state index contributed by atoms with van der Waals surface area (Å²) in [6.45, 7) is 2.87. The lowest BCUT2D eigenvalue weighted by atomic mass is 10.3. The van der Waals surface area contributed by atoms with Crippen LogP contribution in [0.2, 0.25) is 0 Å². The van der Waals surface area contributed by atoms with Gasteiger partial charge in [-0.2, -0.15) is 0 Å². The maximum Gasteiger partial charge on any atom is 0.111 e. The van der Waals surface area contributed by atoms with Gasteiger partial charge in [0, 0.05) is 20.7 Å². The van der Waals surface area contributed by atoms with Crippen molar-refractivity contribution in [3.8, 4) is 0 Å². The molecule has 20 heavy (non-hydrogen) atoms. The Morgan fingerprint density at radius 1 is 1.40 bits per heavy atom. The van der Waals surface area contributed by atoms with Gasteiger partial charge >= 0.3 is 0 Å². The molecule has 2 aromatic heterocycles. The molecule has 0 amide bonds. The standard InChI is InChI=1S/C14H13ClIN3S/c1-9-13(20-8-17-9)7-19-12-3-2-10(16)6-11(12)18-14(19)4-5-15/h2-3,6,8H,4-5,7H2,1H3. The number of rotatable bonds is 4. The van der Waals surface area contributed by atoms with E-state index in [1.165, 1.54) is 14.0 Å². The van der Waals surface area contributed by atoms with Crippen LogP contribution in [0.15, 0.2) is 23.7 Å². The Labute approximate surface area is 140 Å². The predicted molar refractivity (Wildman–Crippen MR) is 92.8 cm³/mol. The molecular formula is C14H13ClIN3S. The first-order valence-electron chi connectivity index (χ1n) is 6.28. The summed E-state index contributed by atoms with van der Waals surface area (Å²) in [5, 5.41) is 0. The molecule has 2 heterocycles. The quantitative estimate of drug-likeness (QED) is 0.470. The van der Waals surface area contributed by atoms with Crippen LogP contribution >= 0.6 is 45.5 Å². The number of benzene rings is 1. The van der Waals surface area contributed by atoms with Crippen LogP contribution in [0, 0.1) is 10.5 Å². The summed E-state index contributed by atoms with van der Waals surface area (Å²) in [7, 11) is 0. The largest absolute Gasteiger partial charge is 0.323 e. The van der Waals surface area contributed by atoms with Gasteiger partial charge < -0.3 is 4.57 Å².